The predicted octanol–water partition coefficient (Wildman–Crippen LogP) is 3.97. The Balaban J connectivity index is 1.69. The van der Waals surface area contributed by atoms with Crippen LogP contribution in [0.2, 0.25) is 0 Å². The van der Waals surface area contributed by atoms with Crippen molar-refractivity contribution in [2.75, 3.05) is 7.05 Å². The molecule has 4 bridgehead atoms. The first-order valence-electron chi connectivity index (χ1n) is 8.80. The molecule has 1 aromatic rings. The van der Waals surface area contributed by atoms with Gasteiger partial charge in [-0.15, -0.1) is 0 Å². The third-order valence-corrected chi connectivity index (χ3v) is 6.66. The zero-order chi connectivity index (χ0) is 15.4. The van der Waals surface area contributed by atoms with Gasteiger partial charge in [-0.25, -0.2) is 0 Å². The zero-order valence-electron chi connectivity index (χ0n) is 13.8. The van der Waals surface area contributed by atoms with E-state index in [1.54, 1.807) is 7.05 Å². The number of rotatable bonds is 3. The minimum absolute atomic E-state index is 0.237. The lowest BCUT2D eigenvalue weighted by atomic mass is 9.42. The van der Waals surface area contributed by atoms with Gasteiger partial charge in [0.25, 0.3) is 0 Å². The molecule has 1 aromatic carbocycles. The second-order valence-corrected chi connectivity index (χ2v) is 8.46. The van der Waals surface area contributed by atoms with Gasteiger partial charge in [0.2, 0.25) is 5.91 Å². The van der Waals surface area contributed by atoms with Crippen molar-refractivity contribution in [1.82, 2.24) is 5.32 Å². The predicted molar refractivity (Wildman–Crippen MR) is 88.7 cm³/mol. The lowest BCUT2D eigenvalue weighted by molar-refractivity contribution is -0.130. The molecule has 4 atom stereocenters. The third-order valence-electron chi connectivity index (χ3n) is 6.66. The Bertz CT molecular complexity index is 574. The molecule has 5 rings (SSSR count). The summed E-state index contributed by atoms with van der Waals surface area (Å²) in [7, 11) is 1.78. The maximum absolute atomic E-state index is 12.1. The van der Waals surface area contributed by atoms with Crippen molar-refractivity contribution in [3.63, 3.8) is 0 Å². The second kappa shape index (κ2) is 4.84. The molecule has 1 amide bonds. The summed E-state index contributed by atoms with van der Waals surface area (Å²) in [6, 6.07) is 9.24. The molecule has 2 nitrogen and oxygen atoms in total. The van der Waals surface area contributed by atoms with Crippen LogP contribution in [0.5, 0.6) is 0 Å². The van der Waals surface area contributed by atoms with E-state index in [1.165, 1.54) is 49.7 Å². The summed E-state index contributed by atoms with van der Waals surface area (Å²) in [5.74, 6) is 1.92. The summed E-state index contributed by atoms with van der Waals surface area (Å²) >= 11 is 0. The Morgan fingerprint density at radius 3 is 2.36 bits per heavy atom. The van der Waals surface area contributed by atoms with Crippen LogP contribution >= 0.6 is 0 Å². The maximum atomic E-state index is 12.1. The molecule has 4 aliphatic carbocycles. The van der Waals surface area contributed by atoms with E-state index < -0.39 is 0 Å². The van der Waals surface area contributed by atoms with Crippen LogP contribution in [0.15, 0.2) is 24.3 Å². The molecule has 0 radical (unpaired) electrons. The van der Waals surface area contributed by atoms with Gasteiger partial charge in [0, 0.05) is 13.5 Å². The highest BCUT2D eigenvalue weighted by Crippen LogP contribution is 2.66. The number of benzene rings is 1. The number of amides is 1. The highest BCUT2D eigenvalue weighted by molar-refractivity contribution is 5.76. The Morgan fingerprint density at radius 2 is 1.77 bits per heavy atom. The summed E-state index contributed by atoms with van der Waals surface area (Å²) in [6.45, 7) is 2.16. The SMILES string of the molecule is CNC(=O)CC12C[C@H]3C[C@@H](C1)CC(c1ccc(C)cc1)(C3)C2. The molecule has 4 fully saturated rings. The van der Waals surface area contributed by atoms with Gasteiger partial charge in [-0.3, -0.25) is 4.79 Å². The standard InChI is InChI=1S/C20H27NO/c1-14-3-5-17(6-4-14)20-10-15-7-16(11-20)9-19(8-15,13-20)12-18(22)21-2/h3-6,15-16H,7-13H2,1-2H3,(H,21,22)/t15-,16+,19?,20?. The Hall–Kier alpha value is -1.31. The van der Waals surface area contributed by atoms with E-state index >= 15 is 0 Å². The summed E-state index contributed by atoms with van der Waals surface area (Å²) < 4.78 is 0. The van der Waals surface area contributed by atoms with E-state index in [0.717, 1.165) is 18.3 Å². The molecule has 4 aliphatic rings. The van der Waals surface area contributed by atoms with Gasteiger partial charge in [-0.05, 0) is 73.7 Å². The first-order valence-corrected chi connectivity index (χ1v) is 8.80. The average molecular weight is 297 g/mol. The van der Waals surface area contributed by atoms with Crippen LogP contribution in [0.1, 0.15) is 56.1 Å². The third kappa shape index (κ3) is 2.19. The fourth-order valence-corrected chi connectivity index (χ4v) is 6.33. The molecule has 0 spiro atoms. The summed E-state index contributed by atoms with van der Waals surface area (Å²) in [5.41, 5.74) is 3.50. The molecule has 2 unspecified atom stereocenters. The van der Waals surface area contributed by atoms with Gasteiger partial charge in [0.05, 0.1) is 0 Å². The summed E-state index contributed by atoms with van der Waals surface area (Å²) in [4.78, 5) is 12.1. The number of nitrogens with one attached hydrogen (secondary N) is 1. The Kier molecular flexibility index (Phi) is 3.15. The summed E-state index contributed by atoms with van der Waals surface area (Å²) in [6.07, 6.45) is 8.63. The van der Waals surface area contributed by atoms with Crippen LogP contribution in [0.25, 0.3) is 0 Å². The van der Waals surface area contributed by atoms with Crippen molar-refractivity contribution >= 4 is 5.91 Å². The number of hydrogen-bond donors (Lipinski definition) is 1. The van der Waals surface area contributed by atoms with Crippen molar-refractivity contribution in [1.29, 1.82) is 0 Å². The molecule has 118 valence electrons. The molecule has 4 saturated carbocycles. The van der Waals surface area contributed by atoms with Crippen LogP contribution in [0.4, 0.5) is 0 Å². The average Bonchev–Trinajstić information content (AvgIpc) is 2.45. The van der Waals surface area contributed by atoms with E-state index in [9.17, 15) is 4.79 Å². The molecular formula is C20H27NO. The number of carbonyl (C=O) groups excluding carboxylic acids is 1. The van der Waals surface area contributed by atoms with Crippen molar-refractivity contribution < 1.29 is 4.79 Å². The van der Waals surface area contributed by atoms with E-state index in [0.29, 0.717) is 5.41 Å². The molecule has 0 aliphatic heterocycles. The van der Waals surface area contributed by atoms with E-state index in [-0.39, 0.29) is 11.3 Å². The molecule has 1 N–H and O–H groups in total. The van der Waals surface area contributed by atoms with Crippen LogP contribution < -0.4 is 5.32 Å². The lowest BCUT2D eigenvalue weighted by Crippen LogP contribution is -2.55. The smallest absolute Gasteiger partial charge is 0.220 e. The zero-order valence-corrected chi connectivity index (χ0v) is 13.8. The van der Waals surface area contributed by atoms with Crippen molar-refractivity contribution in [3.8, 4) is 0 Å². The normalized spacial score (nSPS) is 39.0. The van der Waals surface area contributed by atoms with E-state index in [2.05, 4.69) is 36.5 Å². The van der Waals surface area contributed by atoms with Gasteiger partial charge >= 0.3 is 0 Å². The quantitative estimate of drug-likeness (QED) is 0.898. The monoisotopic (exact) mass is 297 g/mol. The lowest BCUT2D eigenvalue weighted by Gasteiger charge is -2.62. The number of carbonyl (C=O) groups is 1. The molecular weight excluding hydrogens is 270 g/mol. The van der Waals surface area contributed by atoms with Crippen LogP contribution in [0.3, 0.4) is 0 Å². The molecule has 0 aromatic heterocycles. The first-order chi connectivity index (χ1) is 10.5. The minimum atomic E-state index is 0.237. The first kappa shape index (κ1) is 14.3. The Morgan fingerprint density at radius 1 is 1.14 bits per heavy atom. The maximum Gasteiger partial charge on any atom is 0.220 e. The molecule has 0 heterocycles. The van der Waals surface area contributed by atoms with Gasteiger partial charge in [0.1, 0.15) is 0 Å². The molecule has 0 saturated heterocycles. The summed E-state index contributed by atoms with van der Waals surface area (Å²) in [5, 5.41) is 2.86. The van der Waals surface area contributed by atoms with E-state index in [4.69, 9.17) is 0 Å². The minimum Gasteiger partial charge on any atom is -0.359 e. The van der Waals surface area contributed by atoms with Gasteiger partial charge in [0.15, 0.2) is 0 Å². The van der Waals surface area contributed by atoms with Gasteiger partial charge in [-0.1, -0.05) is 29.8 Å². The van der Waals surface area contributed by atoms with Crippen LogP contribution in [-0.2, 0) is 10.2 Å². The van der Waals surface area contributed by atoms with Crippen molar-refractivity contribution in [2.24, 2.45) is 17.3 Å². The molecule has 2 heteroatoms. The van der Waals surface area contributed by atoms with Crippen molar-refractivity contribution in [2.45, 2.75) is 57.3 Å². The fourth-order valence-electron chi connectivity index (χ4n) is 6.33. The number of hydrogen-bond acceptors (Lipinski definition) is 1. The van der Waals surface area contributed by atoms with E-state index in [1.807, 2.05) is 0 Å². The Labute approximate surface area is 133 Å². The highest BCUT2D eigenvalue weighted by Gasteiger charge is 2.58. The largest absolute Gasteiger partial charge is 0.359 e. The number of aryl methyl sites for hydroxylation is 1. The highest BCUT2D eigenvalue weighted by atomic mass is 16.1. The van der Waals surface area contributed by atoms with Crippen LogP contribution in [0, 0.1) is 24.2 Å². The van der Waals surface area contributed by atoms with Gasteiger partial charge in [-0.2, -0.15) is 0 Å². The fraction of sp³-hybridized carbons (Fsp3) is 0.650. The second-order valence-electron chi connectivity index (χ2n) is 8.46. The van der Waals surface area contributed by atoms with Gasteiger partial charge < -0.3 is 5.32 Å². The topological polar surface area (TPSA) is 29.1 Å². The van der Waals surface area contributed by atoms with Crippen LogP contribution in [-0.4, -0.2) is 13.0 Å². The molecule has 22 heavy (non-hydrogen) atoms. The van der Waals surface area contributed by atoms with Crippen molar-refractivity contribution in [3.05, 3.63) is 35.4 Å².